The SMILES string of the molecule is CC(=O)c1cc(C)c(C#N)c(C(F)(F)F)c1. The molecule has 0 saturated heterocycles. The van der Waals surface area contributed by atoms with Crippen molar-refractivity contribution in [1.82, 2.24) is 0 Å². The fourth-order valence-electron chi connectivity index (χ4n) is 1.36. The molecule has 0 bridgehead atoms. The van der Waals surface area contributed by atoms with Crippen molar-refractivity contribution in [3.63, 3.8) is 0 Å². The number of ketones is 1. The number of rotatable bonds is 1. The van der Waals surface area contributed by atoms with Gasteiger partial charge in [0, 0.05) is 5.56 Å². The Morgan fingerprint density at radius 2 is 1.94 bits per heavy atom. The third kappa shape index (κ3) is 2.22. The van der Waals surface area contributed by atoms with Gasteiger partial charge in [0.1, 0.15) is 6.07 Å². The average molecular weight is 227 g/mol. The summed E-state index contributed by atoms with van der Waals surface area (Å²) in [7, 11) is 0. The molecule has 16 heavy (non-hydrogen) atoms. The first-order valence-electron chi connectivity index (χ1n) is 4.40. The molecule has 2 nitrogen and oxygen atoms in total. The van der Waals surface area contributed by atoms with E-state index >= 15 is 0 Å². The zero-order valence-corrected chi connectivity index (χ0v) is 8.64. The summed E-state index contributed by atoms with van der Waals surface area (Å²) < 4.78 is 37.8. The standard InChI is InChI=1S/C11H8F3NO/c1-6-3-8(7(2)16)4-10(9(6)5-15)11(12,13)14/h3-4H,1-2H3. The maximum absolute atomic E-state index is 12.6. The molecule has 0 aliphatic carbocycles. The van der Waals surface area contributed by atoms with Gasteiger partial charge in [0.2, 0.25) is 0 Å². The second kappa shape index (κ2) is 3.97. The lowest BCUT2D eigenvalue weighted by Gasteiger charge is -2.12. The molecule has 0 atom stereocenters. The van der Waals surface area contributed by atoms with Crippen LogP contribution in [0.2, 0.25) is 0 Å². The van der Waals surface area contributed by atoms with Crippen LogP contribution in [0.15, 0.2) is 12.1 Å². The lowest BCUT2D eigenvalue weighted by atomic mass is 9.97. The number of alkyl halides is 3. The zero-order valence-electron chi connectivity index (χ0n) is 8.64. The average Bonchev–Trinajstić information content (AvgIpc) is 2.14. The number of nitriles is 1. The summed E-state index contributed by atoms with van der Waals surface area (Å²) in [5, 5.41) is 8.66. The maximum atomic E-state index is 12.6. The summed E-state index contributed by atoms with van der Waals surface area (Å²) in [4.78, 5) is 11.0. The molecule has 1 aromatic carbocycles. The predicted molar refractivity (Wildman–Crippen MR) is 50.9 cm³/mol. The van der Waals surface area contributed by atoms with Crippen molar-refractivity contribution >= 4 is 5.78 Å². The highest BCUT2D eigenvalue weighted by molar-refractivity contribution is 5.94. The Morgan fingerprint density at radius 3 is 2.31 bits per heavy atom. The van der Waals surface area contributed by atoms with Gasteiger partial charge in [-0.15, -0.1) is 0 Å². The van der Waals surface area contributed by atoms with Crippen LogP contribution in [0.4, 0.5) is 13.2 Å². The van der Waals surface area contributed by atoms with Crippen LogP contribution >= 0.6 is 0 Å². The first kappa shape index (κ1) is 12.2. The van der Waals surface area contributed by atoms with Crippen LogP contribution in [-0.4, -0.2) is 5.78 Å². The van der Waals surface area contributed by atoms with E-state index in [9.17, 15) is 18.0 Å². The topological polar surface area (TPSA) is 40.9 Å². The van der Waals surface area contributed by atoms with Gasteiger partial charge in [-0.25, -0.2) is 0 Å². The first-order chi connectivity index (χ1) is 7.27. The van der Waals surface area contributed by atoms with Gasteiger partial charge in [-0.2, -0.15) is 18.4 Å². The predicted octanol–water partition coefficient (Wildman–Crippen LogP) is 3.09. The largest absolute Gasteiger partial charge is 0.417 e. The minimum absolute atomic E-state index is 0.0381. The number of Topliss-reactive ketones (excluding diaryl/α,β-unsaturated/α-hetero) is 1. The Bertz CT molecular complexity index is 483. The number of benzene rings is 1. The Hall–Kier alpha value is -1.83. The molecular formula is C11H8F3NO. The quantitative estimate of drug-likeness (QED) is 0.691. The molecule has 0 fully saturated rings. The molecule has 1 aromatic rings. The van der Waals surface area contributed by atoms with Crippen molar-refractivity contribution < 1.29 is 18.0 Å². The number of carbonyl (C=O) groups is 1. The van der Waals surface area contributed by atoms with E-state index in [1.807, 2.05) is 0 Å². The highest BCUT2D eigenvalue weighted by Gasteiger charge is 2.34. The monoisotopic (exact) mass is 227 g/mol. The Morgan fingerprint density at radius 1 is 1.38 bits per heavy atom. The second-order valence-corrected chi connectivity index (χ2v) is 3.38. The molecule has 84 valence electrons. The van der Waals surface area contributed by atoms with Crippen molar-refractivity contribution in [1.29, 1.82) is 5.26 Å². The number of hydrogen-bond donors (Lipinski definition) is 0. The van der Waals surface area contributed by atoms with Gasteiger partial charge in [-0.1, -0.05) is 0 Å². The van der Waals surface area contributed by atoms with E-state index < -0.39 is 23.1 Å². The number of nitrogens with zero attached hydrogens (tertiary/aromatic N) is 1. The summed E-state index contributed by atoms with van der Waals surface area (Å²) in [5.74, 6) is -0.460. The van der Waals surface area contributed by atoms with E-state index in [-0.39, 0.29) is 11.1 Å². The van der Waals surface area contributed by atoms with E-state index in [0.29, 0.717) is 6.07 Å². The zero-order chi connectivity index (χ0) is 12.5. The molecule has 1 rings (SSSR count). The lowest BCUT2D eigenvalue weighted by Crippen LogP contribution is -2.11. The molecule has 0 aromatic heterocycles. The van der Waals surface area contributed by atoms with E-state index in [1.165, 1.54) is 26.0 Å². The van der Waals surface area contributed by atoms with E-state index in [4.69, 9.17) is 5.26 Å². The van der Waals surface area contributed by atoms with Gasteiger partial charge in [0.15, 0.2) is 5.78 Å². The Balaban J connectivity index is 3.57. The van der Waals surface area contributed by atoms with Crippen LogP contribution in [0.3, 0.4) is 0 Å². The normalized spacial score (nSPS) is 11.0. The van der Waals surface area contributed by atoms with Crippen molar-refractivity contribution in [3.8, 4) is 6.07 Å². The summed E-state index contributed by atoms with van der Waals surface area (Å²) in [5.41, 5.74) is -1.37. The molecule has 0 aliphatic rings. The molecule has 0 N–H and O–H groups in total. The highest BCUT2D eigenvalue weighted by atomic mass is 19.4. The van der Waals surface area contributed by atoms with Gasteiger partial charge in [0.05, 0.1) is 11.1 Å². The van der Waals surface area contributed by atoms with Gasteiger partial charge < -0.3 is 0 Å². The summed E-state index contributed by atoms with van der Waals surface area (Å²) in [6.45, 7) is 2.56. The van der Waals surface area contributed by atoms with Crippen LogP contribution in [0.5, 0.6) is 0 Å². The van der Waals surface area contributed by atoms with Crippen LogP contribution in [0, 0.1) is 18.3 Å². The molecule has 0 amide bonds. The number of carbonyl (C=O) groups excluding carboxylic acids is 1. The molecule has 0 radical (unpaired) electrons. The van der Waals surface area contributed by atoms with E-state index in [2.05, 4.69) is 0 Å². The molecule has 0 saturated carbocycles. The van der Waals surface area contributed by atoms with Crippen LogP contribution in [0.25, 0.3) is 0 Å². The number of hydrogen-bond acceptors (Lipinski definition) is 2. The molecule has 0 spiro atoms. The molecule has 0 unspecified atom stereocenters. The molecule has 0 aliphatic heterocycles. The number of halogens is 3. The smallest absolute Gasteiger partial charge is 0.295 e. The van der Waals surface area contributed by atoms with Crippen molar-refractivity contribution in [2.45, 2.75) is 20.0 Å². The summed E-state index contributed by atoms with van der Waals surface area (Å²) in [6, 6.07) is 3.51. The molecular weight excluding hydrogens is 219 g/mol. The van der Waals surface area contributed by atoms with Gasteiger partial charge in [0.25, 0.3) is 0 Å². The fourth-order valence-corrected chi connectivity index (χ4v) is 1.36. The minimum atomic E-state index is -4.62. The first-order valence-corrected chi connectivity index (χ1v) is 4.40. The van der Waals surface area contributed by atoms with Crippen LogP contribution < -0.4 is 0 Å². The van der Waals surface area contributed by atoms with Gasteiger partial charge >= 0.3 is 6.18 Å². The van der Waals surface area contributed by atoms with Crippen molar-refractivity contribution in [3.05, 3.63) is 34.4 Å². The highest BCUT2D eigenvalue weighted by Crippen LogP contribution is 2.33. The van der Waals surface area contributed by atoms with E-state index in [0.717, 1.165) is 0 Å². The maximum Gasteiger partial charge on any atom is 0.417 e. The fraction of sp³-hybridized carbons (Fsp3) is 0.273. The van der Waals surface area contributed by atoms with Gasteiger partial charge in [-0.05, 0) is 31.5 Å². The minimum Gasteiger partial charge on any atom is -0.295 e. The van der Waals surface area contributed by atoms with Crippen LogP contribution in [0.1, 0.15) is 34.0 Å². The Kier molecular flexibility index (Phi) is 3.04. The van der Waals surface area contributed by atoms with E-state index in [1.54, 1.807) is 0 Å². The lowest BCUT2D eigenvalue weighted by molar-refractivity contribution is -0.137. The third-order valence-corrected chi connectivity index (χ3v) is 2.16. The summed E-state index contributed by atoms with van der Waals surface area (Å²) in [6.07, 6.45) is -4.62. The van der Waals surface area contributed by atoms with Gasteiger partial charge in [-0.3, -0.25) is 4.79 Å². The Labute approximate surface area is 90.3 Å². The second-order valence-electron chi connectivity index (χ2n) is 3.38. The summed E-state index contributed by atoms with van der Waals surface area (Å²) >= 11 is 0. The number of aryl methyl sites for hydroxylation is 1. The van der Waals surface area contributed by atoms with Crippen molar-refractivity contribution in [2.24, 2.45) is 0 Å². The third-order valence-electron chi connectivity index (χ3n) is 2.16. The molecule has 5 heteroatoms. The molecule has 0 heterocycles. The van der Waals surface area contributed by atoms with Crippen molar-refractivity contribution in [2.75, 3.05) is 0 Å². The van der Waals surface area contributed by atoms with Crippen LogP contribution in [-0.2, 0) is 6.18 Å².